The van der Waals surface area contributed by atoms with Crippen molar-refractivity contribution < 1.29 is 0 Å². The van der Waals surface area contributed by atoms with Crippen LogP contribution >= 0.6 is 22.6 Å². The lowest BCUT2D eigenvalue weighted by molar-refractivity contribution is 1.12. The molecule has 0 aromatic carbocycles. The van der Waals surface area contributed by atoms with Crippen molar-refractivity contribution in [3.8, 4) is 0 Å². The minimum atomic E-state index is 0.589. The summed E-state index contributed by atoms with van der Waals surface area (Å²) in [6, 6.07) is 4.08. The Hall–Kier alpha value is -0.120. The van der Waals surface area contributed by atoms with E-state index in [4.69, 9.17) is 0 Å². The number of aromatic nitrogens is 1. The fraction of sp³-hybridized carbons (Fsp3) is 0.286. The molecule has 0 N–H and O–H groups in total. The Balaban J connectivity index is 2.85. The number of pyridine rings is 1. The molecule has 2 heteroatoms. The summed E-state index contributed by atoms with van der Waals surface area (Å²) in [4.78, 5) is 3.92. The molecule has 0 radical (unpaired) electrons. The van der Waals surface area contributed by atoms with Crippen LogP contribution in [0.1, 0.15) is 16.4 Å². The highest BCUT2D eigenvalue weighted by molar-refractivity contribution is 14.1. The maximum Gasteiger partial charge on any atom is 0.0332 e. The summed E-state index contributed by atoms with van der Waals surface area (Å²) in [6.45, 7) is 2.16. The van der Waals surface area contributed by atoms with E-state index in [0.29, 0.717) is 3.92 Å². The van der Waals surface area contributed by atoms with Gasteiger partial charge in [0.2, 0.25) is 0 Å². The van der Waals surface area contributed by atoms with Gasteiger partial charge < -0.3 is 0 Å². The summed E-state index contributed by atoms with van der Waals surface area (Å²) in [7, 11) is 0. The van der Waals surface area contributed by atoms with Crippen LogP contribution in [0.25, 0.3) is 0 Å². The second-order valence-electron chi connectivity index (χ2n) is 1.90. The van der Waals surface area contributed by atoms with Gasteiger partial charge >= 0.3 is 0 Å². The lowest BCUT2D eigenvalue weighted by Crippen LogP contribution is -1.81. The van der Waals surface area contributed by atoms with Crippen molar-refractivity contribution in [2.24, 2.45) is 0 Å². The third-order valence-corrected chi connectivity index (χ3v) is 1.88. The second-order valence-corrected chi connectivity index (χ2v) is 3.76. The quantitative estimate of drug-likeness (QED) is 0.536. The minimum absolute atomic E-state index is 0.589. The number of rotatable bonds is 1. The van der Waals surface area contributed by atoms with Crippen molar-refractivity contribution in [2.45, 2.75) is 10.8 Å². The molecule has 0 aliphatic heterocycles. The standard InChI is InChI=1S/C7H8IN/c1-6(8)7-2-4-9-5-3-7/h2-6H,1H3/t6-/m1/s1. The maximum absolute atomic E-state index is 3.92. The Morgan fingerprint density at radius 3 is 2.33 bits per heavy atom. The Kier molecular flexibility index (Phi) is 2.45. The molecule has 1 aromatic heterocycles. The molecule has 1 nitrogen and oxygen atoms in total. The summed E-state index contributed by atoms with van der Waals surface area (Å²) in [6.07, 6.45) is 3.65. The van der Waals surface area contributed by atoms with Gasteiger partial charge in [-0.25, -0.2) is 0 Å². The largest absolute Gasteiger partial charge is 0.265 e. The van der Waals surface area contributed by atoms with Gasteiger partial charge in [-0.15, -0.1) is 0 Å². The predicted molar refractivity (Wildman–Crippen MR) is 46.7 cm³/mol. The van der Waals surface area contributed by atoms with E-state index in [0.717, 1.165) is 0 Å². The van der Waals surface area contributed by atoms with Crippen LogP contribution in [0.3, 0.4) is 0 Å². The molecule has 0 aliphatic rings. The fourth-order valence-electron chi connectivity index (χ4n) is 0.629. The van der Waals surface area contributed by atoms with Gasteiger partial charge in [0.05, 0.1) is 0 Å². The van der Waals surface area contributed by atoms with Crippen LogP contribution in [0.5, 0.6) is 0 Å². The van der Waals surface area contributed by atoms with Crippen LogP contribution in [0.4, 0.5) is 0 Å². The lowest BCUT2D eigenvalue weighted by atomic mass is 10.2. The second kappa shape index (κ2) is 3.15. The van der Waals surface area contributed by atoms with Gasteiger partial charge in [-0.2, -0.15) is 0 Å². The van der Waals surface area contributed by atoms with Gasteiger partial charge in [0, 0.05) is 16.3 Å². The van der Waals surface area contributed by atoms with Crippen molar-refractivity contribution in [3.05, 3.63) is 30.1 Å². The summed E-state index contributed by atoms with van der Waals surface area (Å²) in [5, 5.41) is 0. The highest BCUT2D eigenvalue weighted by atomic mass is 127. The van der Waals surface area contributed by atoms with Crippen molar-refractivity contribution in [2.75, 3.05) is 0 Å². The molecule has 0 saturated carbocycles. The zero-order valence-electron chi connectivity index (χ0n) is 5.21. The maximum atomic E-state index is 3.92. The van der Waals surface area contributed by atoms with Crippen LogP contribution in [0, 0.1) is 0 Å². The zero-order chi connectivity index (χ0) is 6.69. The van der Waals surface area contributed by atoms with E-state index in [1.807, 2.05) is 24.5 Å². The molecule has 1 rings (SSSR count). The third-order valence-electron chi connectivity index (χ3n) is 1.17. The molecule has 0 amide bonds. The number of hydrogen-bond donors (Lipinski definition) is 0. The molecule has 0 saturated heterocycles. The van der Waals surface area contributed by atoms with Gasteiger partial charge in [-0.05, 0) is 24.6 Å². The molecule has 9 heavy (non-hydrogen) atoms. The zero-order valence-corrected chi connectivity index (χ0v) is 7.37. The number of alkyl halides is 1. The molecule has 0 fully saturated rings. The average Bonchev–Trinajstić information content (AvgIpc) is 1.90. The molecule has 1 atom stereocenters. The van der Waals surface area contributed by atoms with Crippen LogP contribution < -0.4 is 0 Å². The number of hydrogen-bond acceptors (Lipinski definition) is 1. The van der Waals surface area contributed by atoms with Gasteiger partial charge in [-0.3, -0.25) is 4.98 Å². The lowest BCUT2D eigenvalue weighted by Gasteiger charge is -1.99. The summed E-state index contributed by atoms with van der Waals surface area (Å²) >= 11 is 2.38. The van der Waals surface area contributed by atoms with E-state index in [1.54, 1.807) is 0 Å². The summed E-state index contributed by atoms with van der Waals surface area (Å²) in [5.74, 6) is 0. The van der Waals surface area contributed by atoms with Crippen LogP contribution in [-0.4, -0.2) is 4.98 Å². The summed E-state index contributed by atoms with van der Waals surface area (Å²) in [5.41, 5.74) is 1.34. The van der Waals surface area contributed by atoms with E-state index in [2.05, 4.69) is 34.5 Å². The molecule has 1 heterocycles. The molecule has 0 aliphatic carbocycles. The van der Waals surface area contributed by atoms with E-state index in [9.17, 15) is 0 Å². The van der Waals surface area contributed by atoms with Gasteiger partial charge in [0.25, 0.3) is 0 Å². The minimum Gasteiger partial charge on any atom is -0.265 e. The van der Waals surface area contributed by atoms with Crippen molar-refractivity contribution in [1.29, 1.82) is 0 Å². The first-order valence-electron chi connectivity index (χ1n) is 2.84. The Morgan fingerprint density at radius 1 is 1.44 bits per heavy atom. The molecular formula is C7H8IN. The Morgan fingerprint density at radius 2 is 2.00 bits per heavy atom. The van der Waals surface area contributed by atoms with Gasteiger partial charge in [0.1, 0.15) is 0 Å². The van der Waals surface area contributed by atoms with Gasteiger partial charge in [0.15, 0.2) is 0 Å². The van der Waals surface area contributed by atoms with E-state index < -0.39 is 0 Å². The van der Waals surface area contributed by atoms with Crippen LogP contribution in [0.2, 0.25) is 0 Å². The molecule has 48 valence electrons. The molecule has 0 bridgehead atoms. The van der Waals surface area contributed by atoms with E-state index in [-0.39, 0.29) is 0 Å². The molecule has 0 unspecified atom stereocenters. The first-order valence-corrected chi connectivity index (χ1v) is 4.09. The Labute approximate surface area is 68.6 Å². The van der Waals surface area contributed by atoms with Crippen molar-refractivity contribution in [3.63, 3.8) is 0 Å². The van der Waals surface area contributed by atoms with Crippen LogP contribution in [0.15, 0.2) is 24.5 Å². The van der Waals surface area contributed by atoms with Crippen molar-refractivity contribution >= 4 is 22.6 Å². The SMILES string of the molecule is C[C@@H](I)c1ccncc1. The molecule has 0 spiro atoms. The predicted octanol–water partition coefficient (Wildman–Crippen LogP) is 2.58. The Bertz CT molecular complexity index is 172. The number of nitrogens with zero attached hydrogens (tertiary/aromatic N) is 1. The smallest absolute Gasteiger partial charge is 0.0332 e. The average molecular weight is 233 g/mol. The third kappa shape index (κ3) is 1.93. The van der Waals surface area contributed by atoms with Gasteiger partial charge in [-0.1, -0.05) is 22.6 Å². The highest BCUT2D eigenvalue weighted by Gasteiger charge is 1.95. The van der Waals surface area contributed by atoms with Crippen molar-refractivity contribution in [1.82, 2.24) is 4.98 Å². The first-order chi connectivity index (χ1) is 4.30. The topological polar surface area (TPSA) is 12.9 Å². The summed E-state index contributed by atoms with van der Waals surface area (Å²) < 4.78 is 0.589. The molecule has 1 aromatic rings. The first kappa shape index (κ1) is 6.99. The van der Waals surface area contributed by atoms with E-state index >= 15 is 0 Å². The fourth-order valence-corrected chi connectivity index (χ4v) is 1.04. The normalized spacial score (nSPS) is 13.1. The monoisotopic (exact) mass is 233 g/mol. The number of halogens is 1. The molecular weight excluding hydrogens is 225 g/mol. The van der Waals surface area contributed by atoms with Crippen LogP contribution in [-0.2, 0) is 0 Å². The van der Waals surface area contributed by atoms with E-state index in [1.165, 1.54) is 5.56 Å². The highest BCUT2D eigenvalue weighted by Crippen LogP contribution is 2.20.